The van der Waals surface area contributed by atoms with Crippen molar-refractivity contribution < 1.29 is 5.11 Å². The molecule has 0 aromatic heterocycles. The second-order valence-electron chi connectivity index (χ2n) is 3.98. The first-order valence-electron chi connectivity index (χ1n) is 5.55. The maximum absolute atomic E-state index is 9.17. The summed E-state index contributed by atoms with van der Waals surface area (Å²) in [4.78, 5) is 0. The van der Waals surface area contributed by atoms with Gasteiger partial charge in [-0.2, -0.15) is 5.26 Å². The van der Waals surface area contributed by atoms with Crippen molar-refractivity contribution in [3.8, 4) is 11.8 Å². The Morgan fingerprint density at radius 2 is 1.29 bits per heavy atom. The maximum atomic E-state index is 9.17. The highest BCUT2D eigenvalue weighted by Gasteiger charge is 1.97. The first-order valence-corrected chi connectivity index (χ1v) is 5.55. The molecule has 0 aliphatic rings. The average molecular weight is 223 g/mol. The summed E-state index contributed by atoms with van der Waals surface area (Å²) in [5.41, 5.74) is 3.11. The van der Waals surface area contributed by atoms with E-state index in [0.717, 1.165) is 12.8 Å². The van der Waals surface area contributed by atoms with Gasteiger partial charge in [0.2, 0.25) is 0 Å². The average Bonchev–Trinajstić information content (AvgIpc) is 2.39. The highest BCUT2D eigenvalue weighted by atomic mass is 16.3. The van der Waals surface area contributed by atoms with Gasteiger partial charge in [-0.1, -0.05) is 24.3 Å². The normalized spacial score (nSPS) is 9.82. The number of aromatic hydroxyl groups is 1. The number of nitriles is 1. The number of phenols is 1. The van der Waals surface area contributed by atoms with Crippen LogP contribution in [0.5, 0.6) is 5.75 Å². The van der Waals surface area contributed by atoms with Crippen molar-refractivity contribution in [1.82, 2.24) is 0 Å². The van der Waals surface area contributed by atoms with E-state index in [0.29, 0.717) is 11.3 Å². The summed E-state index contributed by atoms with van der Waals surface area (Å²) < 4.78 is 0. The number of rotatable bonds is 3. The topological polar surface area (TPSA) is 44.0 Å². The highest BCUT2D eigenvalue weighted by molar-refractivity contribution is 5.32. The Hall–Kier alpha value is -2.27. The van der Waals surface area contributed by atoms with E-state index in [-0.39, 0.29) is 0 Å². The van der Waals surface area contributed by atoms with Crippen LogP contribution in [0.15, 0.2) is 48.5 Å². The Labute approximate surface area is 101 Å². The molecule has 2 nitrogen and oxygen atoms in total. The Morgan fingerprint density at radius 3 is 1.76 bits per heavy atom. The zero-order valence-electron chi connectivity index (χ0n) is 9.43. The Balaban J connectivity index is 1.98. The third-order valence-corrected chi connectivity index (χ3v) is 2.72. The van der Waals surface area contributed by atoms with Gasteiger partial charge in [0.1, 0.15) is 5.75 Å². The third kappa shape index (κ3) is 3.09. The summed E-state index contributed by atoms with van der Waals surface area (Å²) in [5, 5.41) is 17.9. The molecule has 0 atom stereocenters. The highest BCUT2D eigenvalue weighted by Crippen LogP contribution is 2.12. The Morgan fingerprint density at radius 1 is 0.824 bits per heavy atom. The lowest BCUT2D eigenvalue weighted by Gasteiger charge is -2.02. The molecule has 17 heavy (non-hydrogen) atoms. The van der Waals surface area contributed by atoms with Crippen LogP contribution < -0.4 is 0 Å². The summed E-state index contributed by atoms with van der Waals surface area (Å²) in [5.74, 6) is 0.298. The molecule has 0 saturated heterocycles. The van der Waals surface area contributed by atoms with E-state index in [1.54, 1.807) is 12.1 Å². The molecule has 0 spiro atoms. The fourth-order valence-electron chi connectivity index (χ4n) is 1.70. The molecule has 2 aromatic carbocycles. The summed E-state index contributed by atoms with van der Waals surface area (Å²) >= 11 is 0. The first kappa shape index (κ1) is 11.2. The van der Waals surface area contributed by atoms with Gasteiger partial charge < -0.3 is 5.11 Å². The van der Waals surface area contributed by atoms with Gasteiger partial charge in [-0.25, -0.2) is 0 Å². The molecule has 0 saturated carbocycles. The third-order valence-electron chi connectivity index (χ3n) is 2.72. The molecule has 2 heteroatoms. The van der Waals surface area contributed by atoms with E-state index in [9.17, 15) is 0 Å². The summed E-state index contributed by atoms with van der Waals surface area (Å²) in [6, 6.07) is 17.0. The lowest BCUT2D eigenvalue weighted by Crippen LogP contribution is -1.91. The van der Waals surface area contributed by atoms with Gasteiger partial charge in [-0.05, 0) is 48.2 Å². The predicted molar refractivity (Wildman–Crippen MR) is 66.7 cm³/mol. The molecule has 0 amide bonds. The SMILES string of the molecule is N#Cc1ccc(CCc2ccc(O)cc2)cc1. The molecule has 0 radical (unpaired) electrons. The fraction of sp³-hybridized carbons (Fsp3) is 0.133. The molecule has 0 fully saturated rings. The second kappa shape index (κ2) is 5.18. The maximum Gasteiger partial charge on any atom is 0.115 e. The number of hydrogen-bond acceptors (Lipinski definition) is 2. The number of hydrogen-bond donors (Lipinski definition) is 1. The molecule has 2 aromatic rings. The van der Waals surface area contributed by atoms with Gasteiger partial charge >= 0.3 is 0 Å². The quantitative estimate of drug-likeness (QED) is 0.869. The zero-order valence-corrected chi connectivity index (χ0v) is 9.43. The predicted octanol–water partition coefficient (Wildman–Crippen LogP) is 3.05. The first-order chi connectivity index (χ1) is 8.28. The summed E-state index contributed by atoms with van der Waals surface area (Å²) in [6.45, 7) is 0. The van der Waals surface area contributed by atoms with Gasteiger partial charge in [-0.15, -0.1) is 0 Å². The van der Waals surface area contributed by atoms with Crippen LogP contribution in [-0.4, -0.2) is 5.11 Å². The Bertz CT molecular complexity index is 520. The van der Waals surface area contributed by atoms with E-state index in [1.165, 1.54) is 11.1 Å². The largest absolute Gasteiger partial charge is 0.508 e. The lowest BCUT2D eigenvalue weighted by molar-refractivity contribution is 0.475. The van der Waals surface area contributed by atoms with E-state index in [2.05, 4.69) is 6.07 Å². The van der Waals surface area contributed by atoms with Crippen LogP contribution in [0.3, 0.4) is 0 Å². The molecule has 84 valence electrons. The van der Waals surface area contributed by atoms with Crippen molar-refractivity contribution in [2.45, 2.75) is 12.8 Å². The van der Waals surface area contributed by atoms with Gasteiger partial charge in [0.25, 0.3) is 0 Å². The molecular formula is C15H13NO. The molecule has 1 N–H and O–H groups in total. The molecule has 0 heterocycles. The smallest absolute Gasteiger partial charge is 0.115 e. The molecule has 2 rings (SSSR count). The van der Waals surface area contributed by atoms with Crippen molar-refractivity contribution in [1.29, 1.82) is 5.26 Å². The molecule has 0 bridgehead atoms. The fourth-order valence-corrected chi connectivity index (χ4v) is 1.70. The van der Waals surface area contributed by atoms with Crippen molar-refractivity contribution in [2.75, 3.05) is 0 Å². The van der Waals surface area contributed by atoms with Crippen molar-refractivity contribution in [2.24, 2.45) is 0 Å². The van der Waals surface area contributed by atoms with Gasteiger partial charge in [0, 0.05) is 0 Å². The van der Waals surface area contributed by atoms with Gasteiger partial charge in [0.15, 0.2) is 0 Å². The van der Waals surface area contributed by atoms with E-state index < -0.39 is 0 Å². The van der Waals surface area contributed by atoms with Crippen molar-refractivity contribution >= 4 is 0 Å². The van der Waals surface area contributed by atoms with Gasteiger partial charge in [0.05, 0.1) is 11.6 Å². The van der Waals surface area contributed by atoms with Crippen LogP contribution in [-0.2, 0) is 12.8 Å². The van der Waals surface area contributed by atoms with Crippen LogP contribution in [0.1, 0.15) is 16.7 Å². The Kier molecular flexibility index (Phi) is 3.42. The van der Waals surface area contributed by atoms with Crippen LogP contribution in [0.25, 0.3) is 0 Å². The minimum absolute atomic E-state index is 0.298. The van der Waals surface area contributed by atoms with Crippen LogP contribution >= 0.6 is 0 Å². The number of phenolic OH excluding ortho intramolecular Hbond substituents is 1. The van der Waals surface area contributed by atoms with Gasteiger partial charge in [-0.3, -0.25) is 0 Å². The monoisotopic (exact) mass is 223 g/mol. The lowest BCUT2D eigenvalue weighted by atomic mass is 10.0. The van der Waals surface area contributed by atoms with Crippen LogP contribution in [0.4, 0.5) is 0 Å². The van der Waals surface area contributed by atoms with Crippen LogP contribution in [0, 0.1) is 11.3 Å². The summed E-state index contributed by atoms with van der Waals surface area (Å²) in [7, 11) is 0. The number of benzene rings is 2. The number of nitrogens with zero attached hydrogens (tertiary/aromatic N) is 1. The molecule has 0 unspecified atom stereocenters. The van der Waals surface area contributed by atoms with Crippen molar-refractivity contribution in [3.05, 3.63) is 65.2 Å². The van der Waals surface area contributed by atoms with Crippen LogP contribution in [0.2, 0.25) is 0 Å². The minimum Gasteiger partial charge on any atom is -0.508 e. The molecule has 0 aliphatic carbocycles. The molecule has 0 aliphatic heterocycles. The van der Waals surface area contributed by atoms with E-state index in [1.807, 2.05) is 36.4 Å². The number of aryl methyl sites for hydroxylation is 2. The zero-order chi connectivity index (χ0) is 12.1. The second-order valence-corrected chi connectivity index (χ2v) is 3.98. The van der Waals surface area contributed by atoms with E-state index in [4.69, 9.17) is 10.4 Å². The summed E-state index contributed by atoms with van der Waals surface area (Å²) in [6.07, 6.45) is 1.88. The van der Waals surface area contributed by atoms with Crippen molar-refractivity contribution in [3.63, 3.8) is 0 Å². The minimum atomic E-state index is 0.298. The standard InChI is InChI=1S/C15H13NO/c16-11-14-5-3-12(4-6-14)1-2-13-7-9-15(17)10-8-13/h3-10,17H,1-2H2. The molecular weight excluding hydrogens is 210 g/mol. The van der Waals surface area contributed by atoms with E-state index >= 15 is 0 Å².